The van der Waals surface area contributed by atoms with E-state index in [1.54, 1.807) is 49.1 Å². The Balaban J connectivity index is 1.77. The van der Waals surface area contributed by atoms with Crippen LogP contribution in [0.5, 0.6) is 0 Å². The fourth-order valence-electron chi connectivity index (χ4n) is 5.16. The molecule has 39 heavy (non-hydrogen) atoms. The molecule has 0 aliphatic heterocycles. The van der Waals surface area contributed by atoms with E-state index in [0.29, 0.717) is 64.5 Å². The van der Waals surface area contributed by atoms with Gasteiger partial charge in [0.2, 0.25) is 5.43 Å². The van der Waals surface area contributed by atoms with Gasteiger partial charge in [0.25, 0.3) is 0 Å². The molecule has 5 rings (SSSR count). The summed E-state index contributed by atoms with van der Waals surface area (Å²) in [5.74, 6) is -3.24. The summed E-state index contributed by atoms with van der Waals surface area (Å²) in [6.45, 7) is 1.03. The van der Waals surface area contributed by atoms with Crippen molar-refractivity contribution >= 4 is 28.4 Å². The molecule has 0 amide bonds. The number of aromatic carboxylic acids is 1. The molecule has 1 aliphatic carbocycles. The zero-order valence-corrected chi connectivity index (χ0v) is 22.3. The number of carbonyl (C=O) groups is 1. The molecule has 0 fully saturated rings. The van der Waals surface area contributed by atoms with Crippen LogP contribution in [-0.2, 0) is 13.0 Å². The maximum atomic E-state index is 15.3. The average Bonchev–Trinajstić information content (AvgIpc) is 3.29. The van der Waals surface area contributed by atoms with E-state index in [-0.39, 0.29) is 16.5 Å². The standard InChI is InChI=1S/C28H28F2N6O3/c1-31-20-10-19(29)24(30)22-15(20)9-21-23(22)25(35(4)5)17(12-32-21)14-8-16-26(37)18(28(38)39)13-36(7-6-34(2)3)27(16)33-11-14/h8,10-13,31H,6-7,9H2,1-5H3,(H,38,39). The molecule has 4 aromatic rings. The number of anilines is 2. The third-order valence-corrected chi connectivity index (χ3v) is 7.01. The Bertz CT molecular complexity index is 1710. The van der Waals surface area contributed by atoms with Crippen LogP contribution in [0.4, 0.5) is 20.2 Å². The van der Waals surface area contributed by atoms with E-state index in [0.717, 1.165) is 6.07 Å². The van der Waals surface area contributed by atoms with E-state index in [4.69, 9.17) is 0 Å². The maximum absolute atomic E-state index is 15.3. The third-order valence-electron chi connectivity index (χ3n) is 7.01. The zero-order chi connectivity index (χ0) is 28.2. The first-order valence-corrected chi connectivity index (χ1v) is 12.3. The Labute approximate surface area is 223 Å². The van der Waals surface area contributed by atoms with Crippen LogP contribution in [0.2, 0.25) is 0 Å². The van der Waals surface area contributed by atoms with Crippen LogP contribution in [0.1, 0.15) is 21.6 Å². The van der Waals surface area contributed by atoms with E-state index in [1.807, 2.05) is 19.0 Å². The predicted octanol–water partition coefficient (Wildman–Crippen LogP) is 3.68. The number of hydrogen-bond donors (Lipinski definition) is 2. The second-order valence-corrected chi connectivity index (χ2v) is 10.0. The second-order valence-electron chi connectivity index (χ2n) is 10.0. The Morgan fingerprint density at radius 1 is 1.13 bits per heavy atom. The molecule has 0 bridgehead atoms. The molecule has 0 saturated carbocycles. The molecule has 11 heteroatoms. The molecule has 0 spiro atoms. The summed E-state index contributed by atoms with van der Waals surface area (Å²) in [7, 11) is 9.02. The van der Waals surface area contributed by atoms with E-state index >= 15 is 4.39 Å². The molecule has 3 heterocycles. The molecule has 2 N–H and O–H groups in total. The van der Waals surface area contributed by atoms with Gasteiger partial charge in [0.15, 0.2) is 11.6 Å². The summed E-state index contributed by atoms with van der Waals surface area (Å²) < 4.78 is 31.5. The number of carboxylic acids is 1. The third kappa shape index (κ3) is 4.28. The number of nitrogens with zero attached hydrogens (tertiary/aromatic N) is 5. The highest BCUT2D eigenvalue weighted by Crippen LogP contribution is 2.49. The lowest BCUT2D eigenvalue weighted by Gasteiger charge is -2.22. The van der Waals surface area contributed by atoms with Crippen LogP contribution in [0.25, 0.3) is 33.3 Å². The molecule has 3 aromatic heterocycles. The summed E-state index contributed by atoms with van der Waals surface area (Å²) in [4.78, 5) is 38.0. The van der Waals surface area contributed by atoms with Gasteiger partial charge in [0, 0.05) is 93.3 Å². The van der Waals surface area contributed by atoms with Gasteiger partial charge in [-0.15, -0.1) is 0 Å². The van der Waals surface area contributed by atoms with Crippen LogP contribution in [0.15, 0.2) is 35.5 Å². The molecule has 0 unspecified atom stereocenters. The van der Waals surface area contributed by atoms with Crippen molar-refractivity contribution in [1.29, 1.82) is 0 Å². The van der Waals surface area contributed by atoms with Crippen molar-refractivity contribution in [2.75, 3.05) is 52.0 Å². The molecular formula is C28H28F2N6O3. The molecular weight excluding hydrogens is 506 g/mol. The number of nitrogens with one attached hydrogen (secondary N) is 1. The Hall–Kier alpha value is -4.38. The normalized spacial score (nSPS) is 12.1. The first-order valence-electron chi connectivity index (χ1n) is 12.3. The molecule has 1 aliphatic rings. The summed E-state index contributed by atoms with van der Waals surface area (Å²) in [6, 6.07) is 2.74. The topological polar surface area (TPSA) is 104 Å². The van der Waals surface area contributed by atoms with Gasteiger partial charge in [-0.1, -0.05) is 0 Å². The summed E-state index contributed by atoms with van der Waals surface area (Å²) in [6.07, 6.45) is 4.86. The molecule has 202 valence electrons. The Kier molecular flexibility index (Phi) is 6.55. The van der Waals surface area contributed by atoms with Crippen molar-refractivity contribution in [3.63, 3.8) is 0 Å². The van der Waals surface area contributed by atoms with Crippen molar-refractivity contribution in [1.82, 2.24) is 19.4 Å². The lowest BCUT2D eigenvalue weighted by atomic mass is 9.97. The minimum absolute atomic E-state index is 0.145. The summed E-state index contributed by atoms with van der Waals surface area (Å²) in [5.41, 5.74) is 3.33. The maximum Gasteiger partial charge on any atom is 0.341 e. The molecule has 1 aromatic carbocycles. The number of pyridine rings is 3. The van der Waals surface area contributed by atoms with E-state index in [2.05, 4.69) is 15.3 Å². The lowest BCUT2D eigenvalue weighted by Crippen LogP contribution is -2.23. The van der Waals surface area contributed by atoms with Crippen molar-refractivity contribution in [3.05, 3.63) is 69.4 Å². The van der Waals surface area contributed by atoms with E-state index in [9.17, 15) is 19.1 Å². The SMILES string of the molecule is CNc1cc(F)c(F)c2c1Cc1ncc(-c3cnc4c(c3)c(=O)c(C(=O)O)cn4CCN(C)C)c(N(C)C)c1-2. The van der Waals surface area contributed by atoms with Crippen LogP contribution in [0.3, 0.4) is 0 Å². The Morgan fingerprint density at radius 3 is 2.51 bits per heavy atom. The zero-order valence-electron chi connectivity index (χ0n) is 22.3. The minimum Gasteiger partial charge on any atom is -0.477 e. The summed E-state index contributed by atoms with van der Waals surface area (Å²) >= 11 is 0. The molecule has 9 nitrogen and oxygen atoms in total. The van der Waals surface area contributed by atoms with Crippen LogP contribution >= 0.6 is 0 Å². The largest absolute Gasteiger partial charge is 0.477 e. The number of rotatable bonds is 7. The van der Waals surface area contributed by atoms with Crippen molar-refractivity contribution in [2.45, 2.75) is 13.0 Å². The quantitative estimate of drug-likeness (QED) is 0.326. The number of fused-ring (bicyclic) bond motifs is 4. The van der Waals surface area contributed by atoms with Gasteiger partial charge in [-0.25, -0.2) is 18.6 Å². The van der Waals surface area contributed by atoms with Crippen LogP contribution < -0.4 is 15.6 Å². The lowest BCUT2D eigenvalue weighted by molar-refractivity contribution is 0.0694. The number of hydrogen-bond acceptors (Lipinski definition) is 7. The van der Waals surface area contributed by atoms with Crippen molar-refractivity contribution in [3.8, 4) is 22.3 Å². The fraction of sp³-hybridized carbons (Fsp3) is 0.286. The number of halogens is 2. The first-order chi connectivity index (χ1) is 18.5. The molecule has 0 radical (unpaired) electrons. The summed E-state index contributed by atoms with van der Waals surface area (Å²) in [5, 5.41) is 12.8. The average molecular weight is 535 g/mol. The highest BCUT2D eigenvalue weighted by molar-refractivity contribution is 5.98. The van der Waals surface area contributed by atoms with E-state index in [1.165, 1.54) is 6.20 Å². The van der Waals surface area contributed by atoms with E-state index < -0.39 is 23.0 Å². The number of aromatic nitrogens is 3. The highest BCUT2D eigenvalue weighted by atomic mass is 19.2. The monoisotopic (exact) mass is 534 g/mol. The predicted molar refractivity (Wildman–Crippen MR) is 147 cm³/mol. The fourth-order valence-corrected chi connectivity index (χ4v) is 5.16. The van der Waals surface area contributed by atoms with Gasteiger partial charge in [-0.05, 0) is 25.7 Å². The number of likely N-dealkylation sites (N-methyl/N-ethyl adjacent to an activating group) is 1. The van der Waals surface area contributed by atoms with Crippen molar-refractivity contribution < 1.29 is 18.7 Å². The Morgan fingerprint density at radius 2 is 1.87 bits per heavy atom. The van der Waals surface area contributed by atoms with Crippen LogP contribution in [0, 0.1) is 11.6 Å². The van der Waals surface area contributed by atoms with Gasteiger partial charge >= 0.3 is 5.97 Å². The molecule has 0 atom stereocenters. The minimum atomic E-state index is -1.33. The second kappa shape index (κ2) is 9.73. The van der Waals surface area contributed by atoms with Gasteiger partial charge < -0.3 is 24.8 Å². The highest BCUT2D eigenvalue weighted by Gasteiger charge is 2.32. The molecule has 0 saturated heterocycles. The smallest absolute Gasteiger partial charge is 0.341 e. The van der Waals surface area contributed by atoms with Crippen molar-refractivity contribution in [2.24, 2.45) is 0 Å². The van der Waals surface area contributed by atoms with Gasteiger partial charge in [0.05, 0.1) is 16.8 Å². The van der Waals surface area contributed by atoms with Crippen LogP contribution in [-0.4, -0.2) is 72.3 Å². The van der Waals surface area contributed by atoms with Gasteiger partial charge in [0.1, 0.15) is 11.2 Å². The number of benzene rings is 1. The first kappa shape index (κ1) is 26.2. The number of carboxylic acid groups (broad SMARTS) is 1. The van der Waals surface area contributed by atoms with Gasteiger partial charge in [-0.3, -0.25) is 9.78 Å². The van der Waals surface area contributed by atoms with Gasteiger partial charge in [-0.2, -0.15) is 0 Å².